The summed E-state index contributed by atoms with van der Waals surface area (Å²) in [5.41, 5.74) is 5.39. The van der Waals surface area contributed by atoms with Crippen molar-refractivity contribution in [2.24, 2.45) is 5.73 Å². The Bertz CT molecular complexity index is 1300. The van der Waals surface area contributed by atoms with E-state index in [1.807, 2.05) is 0 Å². The van der Waals surface area contributed by atoms with Crippen molar-refractivity contribution in [2.75, 3.05) is 0 Å². The van der Waals surface area contributed by atoms with Crippen LogP contribution in [0.25, 0.3) is 6.08 Å². The van der Waals surface area contributed by atoms with Crippen LogP contribution >= 0.6 is 0 Å². The van der Waals surface area contributed by atoms with E-state index in [9.17, 15) is 35.1 Å². The van der Waals surface area contributed by atoms with Crippen molar-refractivity contribution in [3.63, 3.8) is 0 Å². The first kappa shape index (κ1) is 24.4. The Balaban J connectivity index is 1.67. The standard InChI is InChI=1S/C26H27NO9/c1-9(28)11-6-13-19(16(7-11)36-17-8-14(27)22(30)10(2)35-17)26(34)21-20(24(13)32)23(31)12-4-3-5-15(29)18(12)25(21)33/h3-6,9-10,14,16-17,22,28-30,32,34H,7-8,27H2,1-2H3/t9?,10-,14-,16-,17-,22+/m0/s1. The molecule has 36 heavy (non-hydrogen) atoms. The number of aliphatic hydroxyl groups excluding tert-OH is 2. The lowest BCUT2D eigenvalue weighted by Crippen LogP contribution is -2.51. The molecule has 2 aliphatic carbocycles. The Labute approximate surface area is 206 Å². The van der Waals surface area contributed by atoms with Crippen LogP contribution in [0, 0.1) is 0 Å². The highest BCUT2D eigenvalue weighted by Crippen LogP contribution is 2.51. The second-order valence-electron chi connectivity index (χ2n) is 9.52. The molecule has 3 aliphatic rings. The number of hydrogen-bond donors (Lipinski definition) is 6. The Morgan fingerprint density at radius 3 is 2.44 bits per heavy atom. The number of aromatic hydroxyl groups is 3. The fourth-order valence-electron chi connectivity index (χ4n) is 5.23. The van der Waals surface area contributed by atoms with Crippen molar-refractivity contribution in [2.45, 2.75) is 63.4 Å². The molecule has 10 heteroatoms. The van der Waals surface area contributed by atoms with Gasteiger partial charge in [-0.1, -0.05) is 12.1 Å². The predicted octanol–water partition coefficient (Wildman–Crippen LogP) is 1.63. The maximum Gasteiger partial charge on any atom is 0.202 e. The second kappa shape index (κ2) is 8.68. The summed E-state index contributed by atoms with van der Waals surface area (Å²) in [6.45, 7) is 3.17. The zero-order valence-electron chi connectivity index (χ0n) is 19.6. The molecule has 5 rings (SSSR count). The number of ketones is 2. The molecule has 0 radical (unpaired) electrons. The summed E-state index contributed by atoms with van der Waals surface area (Å²) in [6.07, 6.45) is -2.64. The van der Waals surface area contributed by atoms with Gasteiger partial charge in [0.2, 0.25) is 5.78 Å². The molecule has 10 nitrogen and oxygen atoms in total. The quantitative estimate of drug-likeness (QED) is 0.291. The molecule has 1 aliphatic heterocycles. The first-order valence-corrected chi connectivity index (χ1v) is 11.7. The van der Waals surface area contributed by atoms with Gasteiger partial charge in [-0.3, -0.25) is 9.59 Å². The third-order valence-electron chi connectivity index (χ3n) is 7.17. The van der Waals surface area contributed by atoms with E-state index in [4.69, 9.17) is 15.2 Å². The Morgan fingerprint density at radius 1 is 1.08 bits per heavy atom. The van der Waals surface area contributed by atoms with Crippen molar-refractivity contribution in [1.82, 2.24) is 0 Å². The summed E-state index contributed by atoms with van der Waals surface area (Å²) >= 11 is 0. The van der Waals surface area contributed by atoms with E-state index < -0.39 is 71.1 Å². The minimum absolute atomic E-state index is 0.0383. The van der Waals surface area contributed by atoms with E-state index in [2.05, 4.69) is 0 Å². The van der Waals surface area contributed by atoms with Gasteiger partial charge in [-0.15, -0.1) is 0 Å². The van der Waals surface area contributed by atoms with Crippen LogP contribution in [0.3, 0.4) is 0 Å². The highest BCUT2D eigenvalue weighted by molar-refractivity contribution is 6.31. The lowest BCUT2D eigenvalue weighted by molar-refractivity contribution is -0.240. The molecule has 1 saturated heterocycles. The molecule has 0 aromatic heterocycles. The van der Waals surface area contributed by atoms with Gasteiger partial charge in [0.1, 0.15) is 17.2 Å². The smallest absolute Gasteiger partial charge is 0.202 e. The SMILES string of the molecule is CC(O)C1=Cc2c(O)c3c(c(O)c2[C@@H](O[C@H]2C[C@H](N)[C@H](O)[C@H](C)O2)C1)C(=O)c1c(O)cccc1C3=O. The van der Waals surface area contributed by atoms with Gasteiger partial charge in [0.15, 0.2) is 12.1 Å². The van der Waals surface area contributed by atoms with Crippen LogP contribution in [-0.2, 0) is 9.47 Å². The molecule has 0 spiro atoms. The highest BCUT2D eigenvalue weighted by atomic mass is 16.7. The van der Waals surface area contributed by atoms with Crippen molar-refractivity contribution >= 4 is 17.6 Å². The molecular formula is C26H27NO9. The Morgan fingerprint density at radius 2 is 1.78 bits per heavy atom. The summed E-state index contributed by atoms with van der Waals surface area (Å²) < 4.78 is 11.9. The molecule has 2 aromatic rings. The van der Waals surface area contributed by atoms with Crippen LogP contribution < -0.4 is 5.73 Å². The van der Waals surface area contributed by atoms with Crippen molar-refractivity contribution in [3.05, 3.63) is 57.2 Å². The van der Waals surface area contributed by atoms with Gasteiger partial charge in [-0.2, -0.15) is 0 Å². The maximum atomic E-state index is 13.4. The van der Waals surface area contributed by atoms with Crippen LogP contribution in [0.2, 0.25) is 0 Å². The van der Waals surface area contributed by atoms with Crippen LogP contribution in [0.5, 0.6) is 17.2 Å². The van der Waals surface area contributed by atoms with E-state index in [-0.39, 0.29) is 40.7 Å². The van der Waals surface area contributed by atoms with Gasteiger partial charge in [0.05, 0.1) is 41.1 Å². The number of rotatable bonds is 3. The van der Waals surface area contributed by atoms with Crippen molar-refractivity contribution < 1.29 is 44.6 Å². The minimum Gasteiger partial charge on any atom is -0.507 e. The average Bonchev–Trinajstić information content (AvgIpc) is 2.82. The number of hydrogen-bond acceptors (Lipinski definition) is 10. The number of benzene rings is 2. The molecule has 1 fully saturated rings. The first-order chi connectivity index (χ1) is 17.0. The number of carbonyl (C=O) groups excluding carboxylic acids is 2. The zero-order chi connectivity index (χ0) is 26.0. The van der Waals surface area contributed by atoms with Crippen LogP contribution in [0.15, 0.2) is 23.8 Å². The van der Waals surface area contributed by atoms with Gasteiger partial charge >= 0.3 is 0 Å². The fourth-order valence-corrected chi connectivity index (χ4v) is 5.23. The van der Waals surface area contributed by atoms with Gasteiger partial charge in [-0.25, -0.2) is 0 Å². The predicted molar refractivity (Wildman–Crippen MR) is 126 cm³/mol. The normalized spacial score (nSPS) is 28.1. The number of fused-ring (bicyclic) bond motifs is 3. The van der Waals surface area contributed by atoms with E-state index in [0.29, 0.717) is 5.57 Å². The van der Waals surface area contributed by atoms with E-state index in [1.165, 1.54) is 31.2 Å². The van der Waals surface area contributed by atoms with Gasteiger partial charge in [-0.05, 0) is 31.6 Å². The number of phenolic OH excluding ortho intramolecular Hbond substituents is 3. The monoisotopic (exact) mass is 497 g/mol. The molecule has 1 heterocycles. The third kappa shape index (κ3) is 3.61. The van der Waals surface area contributed by atoms with Crippen LogP contribution in [0.4, 0.5) is 0 Å². The maximum absolute atomic E-state index is 13.4. The van der Waals surface area contributed by atoms with Crippen LogP contribution in [-0.4, -0.2) is 67.7 Å². The molecule has 190 valence electrons. The summed E-state index contributed by atoms with van der Waals surface area (Å²) in [4.78, 5) is 26.7. The van der Waals surface area contributed by atoms with E-state index in [0.717, 1.165) is 0 Å². The second-order valence-corrected chi connectivity index (χ2v) is 9.52. The summed E-state index contributed by atoms with van der Waals surface area (Å²) in [7, 11) is 0. The van der Waals surface area contributed by atoms with Gasteiger partial charge in [0, 0.05) is 35.6 Å². The molecule has 2 aromatic carbocycles. The average molecular weight is 498 g/mol. The molecule has 0 saturated carbocycles. The van der Waals surface area contributed by atoms with Gasteiger partial charge < -0.3 is 40.7 Å². The zero-order valence-corrected chi connectivity index (χ0v) is 19.6. The number of phenols is 3. The molecule has 6 atom stereocenters. The Hall–Kier alpha value is -3.28. The van der Waals surface area contributed by atoms with Gasteiger partial charge in [0.25, 0.3) is 0 Å². The molecule has 0 amide bonds. The highest BCUT2D eigenvalue weighted by Gasteiger charge is 2.43. The summed E-state index contributed by atoms with van der Waals surface area (Å²) in [5, 5.41) is 53.2. The molecular weight excluding hydrogens is 470 g/mol. The minimum atomic E-state index is -0.987. The van der Waals surface area contributed by atoms with E-state index >= 15 is 0 Å². The topological polar surface area (TPSA) is 180 Å². The third-order valence-corrected chi connectivity index (χ3v) is 7.17. The van der Waals surface area contributed by atoms with Crippen molar-refractivity contribution in [3.8, 4) is 17.2 Å². The lowest BCUT2D eigenvalue weighted by atomic mass is 9.77. The number of aliphatic hydroxyl groups is 2. The molecule has 7 N–H and O–H groups in total. The van der Waals surface area contributed by atoms with Crippen LogP contribution in [0.1, 0.15) is 75.8 Å². The molecule has 1 unspecified atom stereocenters. The lowest BCUT2D eigenvalue weighted by Gasteiger charge is -2.39. The largest absolute Gasteiger partial charge is 0.507 e. The number of nitrogens with two attached hydrogens (primary N) is 1. The fraction of sp³-hybridized carbons (Fsp3) is 0.385. The molecule has 0 bridgehead atoms. The number of ether oxygens (including phenoxy) is 2. The number of carbonyl (C=O) groups is 2. The Kier molecular flexibility index (Phi) is 5.89. The summed E-state index contributed by atoms with van der Waals surface area (Å²) in [5.74, 6) is -3.07. The van der Waals surface area contributed by atoms with E-state index in [1.54, 1.807) is 6.92 Å². The first-order valence-electron chi connectivity index (χ1n) is 11.7. The summed E-state index contributed by atoms with van der Waals surface area (Å²) in [6, 6.07) is 3.39. The van der Waals surface area contributed by atoms with Crippen molar-refractivity contribution in [1.29, 1.82) is 0 Å².